The normalized spacial score (nSPS) is 25.9. The lowest BCUT2D eigenvalue weighted by atomic mass is 9.95. The Bertz CT molecular complexity index is 928. The fourth-order valence-corrected chi connectivity index (χ4v) is 5.59. The number of nitrogens with zero attached hydrogens (tertiary/aromatic N) is 1. The van der Waals surface area contributed by atoms with Crippen molar-refractivity contribution in [2.75, 3.05) is 13.1 Å². The van der Waals surface area contributed by atoms with E-state index in [1.807, 2.05) is 17.0 Å². The third-order valence-corrected chi connectivity index (χ3v) is 7.82. The van der Waals surface area contributed by atoms with E-state index in [9.17, 15) is 13.6 Å². The van der Waals surface area contributed by atoms with Crippen LogP contribution in [0.3, 0.4) is 0 Å². The van der Waals surface area contributed by atoms with Crippen LogP contribution in [-0.2, 0) is 16.7 Å². The Balaban J connectivity index is 1.29. The van der Waals surface area contributed by atoms with E-state index in [0.29, 0.717) is 11.6 Å². The molecule has 3 nitrogen and oxygen atoms in total. The molecule has 1 saturated heterocycles. The lowest BCUT2D eigenvalue weighted by Gasteiger charge is -2.31. The highest BCUT2D eigenvalue weighted by atomic mass is 32.2. The summed E-state index contributed by atoms with van der Waals surface area (Å²) < 4.78 is 32.4. The minimum Gasteiger partial charge on any atom is -0.341 e. The van der Waals surface area contributed by atoms with Gasteiger partial charge >= 0.3 is 0 Å². The van der Waals surface area contributed by atoms with Crippen LogP contribution in [0.5, 0.6) is 0 Å². The van der Waals surface area contributed by atoms with Crippen molar-refractivity contribution in [3.05, 3.63) is 59.7 Å². The van der Waals surface area contributed by atoms with E-state index in [0.717, 1.165) is 43.2 Å². The van der Waals surface area contributed by atoms with Crippen LogP contribution in [0, 0.1) is 17.6 Å². The second-order valence-electron chi connectivity index (χ2n) is 8.75. The van der Waals surface area contributed by atoms with Crippen molar-refractivity contribution >= 4 is 17.9 Å². The van der Waals surface area contributed by atoms with Crippen molar-refractivity contribution in [3.63, 3.8) is 0 Å². The first-order valence-corrected chi connectivity index (χ1v) is 11.9. The van der Waals surface area contributed by atoms with Gasteiger partial charge in [-0.05, 0) is 48.4 Å². The van der Waals surface area contributed by atoms with Gasteiger partial charge in [0.15, 0.2) is 0 Å². The molecular weight excluding hydrogens is 402 g/mol. The van der Waals surface area contributed by atoms with E-state index >= 15 is 0 Å². The number of hydrogen-bond donors (Lipinski definition) is 1. The third-order valence-electron chi connectivity index (χ3n) is 6.42. The van der Waals surface area contributed by atoms with Crippen LogP contribution in [0.1, 0.15) is 43.6 Å². The summed E-state index contributed by atoms with van der Waals surface area (Å²) >= 11 is 1.32. The molecule has 3 aliphatic rings. The zero-order valence-corrected chi connectivity index (χ0v) is 17.8. The first-order valence-electron chi connectivity index (χ1n) is 10.9. The number of nitrogens with one attached hydrogen (secondary N) is 1. The number of benzene rings is 2. The average Bonchev–Trinajstić information content (AvgIpc) is 3.67. The molecule has 3 fully saturated rings. The minimum absolute atomic E-state index is 0.00696. The van der Waals surface area contributed by atoms with Crippen molar-refractivity contribution in [2.24, 2.45) is 5.92 Å². The molecule has 1 N–H and O–H groups in total. The maximum Gasteiger partial charge on any atom is 0.226 e. The third kappa shape index (κ3) is 4.12. The molecule has 3 atom stereocenters. The molecule has 5 rings (SSSR count). The molecule has 30 heavy (non-hydrogen) atoms. The molecule has 0 aromatic heterocycles. The molecule has 1 aliphatic heterocycles. The van der Waals surface area contributed by atoms with Crippen LogP contribution >= 0.6 is 0 Å². The molecule has 158 valence electrons. The highest BCUT2D eigenvalue weighted by Gasteiger charge is 2.47. The number of halogens is 2. The second-order valence-corrected chi connectivity index (χ2v) is 9.99. The molecule has 1 amide bonds. The molecule has 2 saturated carbocycles. The van der Waals surface area contributed by atoms with Crippen LogP contribution in [-0.4, -0.2) is 35.2 Å². The van der Waals surface area contributed by atoms with E-state index in [2.05, 4.69) is 4.72 Å². The highest BCUT2D eigenvalue weighted by molar-refractivity contribution is 7.77. The van der Waals surface area contributed by atoms with Crippen molar-refractivity contribution in [3.8, 4) is 11.1 Å². The smallest absolute Gasteiger partial charge is 0.226 e. The Morgan fingerprint density at radius 1 is 1.03 bits per heavy atom. The Hall–Kier alpha value is -1.92. The number of piperidine rings is 1. The summed E-state index contributed by atoms with van der Waals surface area (Å²) in [6, 6.07) is 11.7. The second kappa shape index (κ2) is 8.31. The van der Waals surface area contributed by atoms with Gasteiger partial charge in [0.2, 0.25) is 5.91 Å². The van der Waals surface area contributed by atoms with Crippen LogP contribution in [0.25, 0.3) is 11.1 Å². The van der Waals surface area contributed by atoms with Gasteiger partial charge in [0, 0.05) is 31.8 Å². The number of hydrogen-bond acceptors (Lipinski definition) is 2. The maximum atomic E-state index is 14.4. The monoisotopic (exact) mass is 429 g/mol. The van der Waals surface area contributed by atoms with Crippen molar-refractivity contribution in [1.82, 2.24) is 9.62 Å². The zero-order chi connectivity index (χ0) is 20.7. The van der Waals surface area contributed by atoms with Crippen molar-refractivity contribution in [2.45, 2.75) is 49.3 Å². The summed E-state index contributed by atoms with van der Waals surface area (Å²) in [5.74, 6) is -0.985. The molecule has 6 heteroatoms. The fourth-order valence-electron chi connectivity index (χ4n) is 4.55. The Morgan fingerprint density at radius 2 is 1.80 bits per heavy atom. The largest absolute Gasteiger partial charge is 0.341 e. The maximum absolute atomic E-state index is 14.4. The summed E-state index contributed by atoms with van der Waals surface area (Å²) in [4.78, 5) is 15.2. The summed E-state index contributed by atoms with van der Waals surface area (Å²) in [6.07, 6.45) is 5.53. The number of carbonyl (C=O) groups excluding carboxylic acids is 1. The van der Waals surface area contributed by atoms with Crippen LogP contribution in [0.2, 0.25) is 0 Å². The summed E-state index contributed by atoms with van der Waals surface area (Å²) in [5, 5.41) is 0.805. The highest BCUT2D eigenvalue weighted by Crippen LogP contribution is 2.51. The molecule has 3 unspecified atom stereocenters. The Kier molecular flexibility index (Phi) is 5.54. The molecule has 1 heterocycles. The molecule has 2 aromatic rings. The van der Waals surface area contributed by atoms with E-state index in [1.165, 1.54) is 43.0 Å². The summed E-state index contributed by atoms with van der Waals surface area (Å²) in [6.45, 7) is 1.58. The number of likely N-dealkylation sites (tertiary alicyclic amines) is 1. The molecule has 0 radical (unpaired) electrons. The van der Waals surface area contributed by atoms with Gasteiger partial charge in [-0.2, -0.15) is 0 Å². The van der Waals surface area contributed by atoms with Crippen LogP contribution < -0.4 is 4.72 Å². The number of rotatable bonds is 6. The van der Waals surface area contributed by atoms with Gasteiger partial charge in [-0.3, -0.25) is 4.79 Å². The standard InChI is InChI=1S/C24H26F2N2OS/c25-21-8-3-9-22(26)23(21)18-7-2-1-6-17(18)19-13-20(19)24(29)28-12-4-5-15(14-28)27-30-16-10-11-16/h1-3,6-9,15-16,19-20,27H,4-5,10-14H2/p+1. The molecule has 0 spiro atoms. The quantitative estimate of drug-likeness (QED) is 0.551. The lowest BCUT2D eigenvalue weighted by molar-refractivity contribution is -0.133. The first-order chi connectivity index (χ1) is 14.6. The number of amides is 1. The average molecular weight is 430 g/mol. The van der Waals surface area contributed by atoms with Gasteiger partial charge < -0.3 is 4.90 Å². The number of thiol groups is 1. The van der Waals surface area contributed by atoms with E-state index in [1.54, 1.807) is 12.1 Å². The Labute approximate surface area is 180 Å². The van der Waals surface area contributed by atoms with Gasteiger partial charge in [0.1, 0.15) is 16.9 Å². The van der Waals surface area contributed by atoms with Crippen molar-refractivity contribution < 1.29 is 13.6 Å². The molecule has 0 bridgehead atoms. The molecule has 2 aromatic carbocycles. The van der Waals surface area contributed by atoms with Gasteiger partial charge in [0.25, 0.3) is 0 Å². The predicted octanol–water partition coefficient (Wildman–Crippen LogP) is 4.21. The van der Waals surface area contributed by atoms with E-state index in [-0.39, 0.29) is 23.3 Å². The predicted molar refractivity (Wildman–Crippen MR) is 117 cm³/mol. The van der Waals surface area contributed by atoms with Gasteiger partial charge in [-0.15, -0.1) is 4.72 Å². The fraction of sp³-hybridized carbons (Fsp3) is 0.458. The SMILES string of the molecule is O=C(C1CC1c1ccccc1-c1c(F)cccc1F)N1CCCC(N[SH+]C2CC2)C1. The summed E-state index contributed by atoms with van der Waals surface area (Å²) in [7, 11) is 0. The first kappa shape index (κ1) is 20.0. The topological polar surface area (TPSA) is 32.3 Å². The molecular formula is C24H27F2N2OS+. The minimum atomic E-state index is -0.564. The van der Waals surface area contributed by atoms with Gasteiger partial charge in [-0.1, -0.05) is 30.3 Å². The zero-order valence-electron chi connectivity index (χ0n) is 16.9. The Morgan fingerprint density at radius 3 is 2.57 bits per heavy atom. The lowest BCUT2D eigenvalue weighted by Crippen LogP contribution is -2.48. The van der Waals surface area contributed by atoms with Crippen LogP contribution in [0.15, 0.2) is 42.5 Å². The molecule has 2 aliphatic carbocycles. The van der Waals surface area contributed by atoms with E-state index in [4.69, 9.17) is 0 Å². The van der Waals surface area contributed by atoms with Gasteiger partial charge in [-0.25, -0.2) is 8.78 Å². The van der Waals surface area contributed by atoms with E-state index < -0.39 is 11.6 Å². The van der Waals surface area contributed by atoms with Gasteiger partial charge in [0.05, 0.1) is 23.6 Å². The summed E-state index contributed by atoms with van der Waals surface area (Å²) in [5.41, 5.74) is 1.45. The van der Waals surface area contributed by atoms with Crippen molar-refractivity contribution in [1.29, 1.82) is 0 Å². The number of carbonyl (C=O) groups is 1. The van der Waals surface area contributed by atoms with Crippen LogP contribution in [0.4, 0.5) is 8.78 Å².